The van der Waals surface area contributed by atoms with Gasteiger partial charge in [0.2, 0.25) is 0 Å². The van der Waals surface area contributed by atoms with Crippen LogP contribution in [0.1, 0.15) is 18.7 Å². The molecule has 1 aliphatic carbocycles. The first-order valence-corrected chi connectivity index (χ1v) is 6.62. The Morgan fingerprint density at radius 3 is 2.82 bits per heavy atom. The molecule has 1 heterocycles. The predicted octanol–water partition coefficient (Wildman–Crippen LogP) is 1.45. The molecule has 0 aromatic carbocycles. The summed E-state index contributed by atoms with van der Waals surface area (Å²) >= 11 is 1.48. The maximum atomic E-state index is 12.6. The molecule has 0 aliphatic heterocycles. The Morgan fingerprint density at radius 1 is 1.53 bits per heavy atom. The van der Waals surface area contributed by atoms with Gasteiger partial charge in [0.25, 0.3) is 5.92 Å². The minimum atomic E-state index is -2.41. The number of nitrogens with zero attached hydrogens (tertiary/aromatic N) is 3. The molecular weight excluding hydrogens is 246 g/mol. The van der Waals surface area contributed by atoms with Gasteiger partial charge in [-0.2, -0.15) is 0 Å². The number of alkyl halides is 2. The van der Waals surface area contributed by atoms with E-state index < -0.39 is 11.8 Å². The average Bonchev–Trinajstić information content (AvgIpc) is 2.73. The van der Waals surface area contributed by atoms with E-state index >= 15 is 0 Å². The Morgan fingerprint density at radius 2 is 2.24 bits per heavy atom. The second-order valence-corrected chi connectivity index (χ2v) is 5.36. The Hall–Kier alpha value is -0.690. The molecule has 0 spiro atoms. The molecule has 1 aromatic rings. The Balaban J connectivity index is 1.79. The number of rotatable bonds is 6. The van der Waals surface area contributed by atoms with Crippen LogP contribution in [0, 0.1) is 5.92 Å². The van der Waals surface area contributed by atoms with Crippen molar-refractivity contribution in [2.75, 3.05) is 12.3 Å². The van der Waals surface area contributed by atoms with Gasteiger partial charge in [0.1, 0.15) is 5.82 Å². The van der Waals surface area contributed by atoms with Crippen LogP contribution < -0.4 is 5.73 Å². The molecule has 1 atom stereocenters. The fourth-order valence-electron chi connectivity index (χ4n) is 1.69. The number of hydrogen-bond acceptors (Lipinski definition) is 4. The van der Waals surface area contributed by atoms with E-state index in [-0.39, 0.29) is 6.42 Å². The van der Waals surface area contributed by atoms with E-state index in [1.54, 1.807) is 0 Å². The second kappa shape index (κ2) is 4.89. The van der Waals surface area contributed by atoms with Crippen LogP contribution in [-0.2, 0) is 13.5 Å². The van der Waals surface area contributed by atoms with Crippen LogP contribution in [0.2, 0.25) is 0 Å². The second-order valence-electron chi connectivity index (χ2n) is 4.30. The van der Waals surface area contributed by atoms with Gasteiger partial charge >= 0.3 is 0 Å². The molecular formula is C10H16F2N4S. The maximum absolute atomic E-state index is 12.6. The molecule has 0 radical (unpaired) electrons. The lowest BCUT2D eigenvalue weighted by molar-refractivity contribution is 0.0983. The normalized spacial score (nSPS) is 21.8. The van der Waals surface area contributed by atoms with Crippen LogP contribution in [-0.4, -0.2) is 33.0 Å². The lowest BCUT2D eigenvalue weighted by atomic mass is 10.3. The van der Waals surface area contributed by atoms with Crippen molar-refractivity contribution in [3.05, 3.63) is 5.82 Å². The van der Waals surface area contributed by atoms with Crippen molar-refractivity contribution in [1.29, 1.82) is 0 Å². The molecule has 2 rings (SSSR count). The third-order valence-corrected chi connectivity index (χ3v) is 4.00. The zero-order valence-electron chi connectivity index (χ0n) is 9.70. The lowest BCUT2D eigenvalue weighted by Gasteiger charge is -2.02. The minimum Gasteiger partial charge on any atom is -0.330 e. The first-order chi connectivity index (χ1) is 8.04. The fourth-order valence-corrected chi connectivity index (χ4v) is 2.68. The zero-order chi connectivity index (χ0) is 12.5. The molecule has 1 fully saturated rings. The smallest absolute Gasteiger partial charge is 0.251 e. The first-order valence-electron chi connectivity index (χ1n) is 5.63. The summed E-state index contributed by atoms with van der Waals surface area (Å²) in [5, 5.41) is 8.81. The van der Waals surface area contributed by atoms with Gasteiger partial charge in [0.05, 0.1) is 0 Å². The van der Waals surface area contributed by atoms with Crippen molar-refractivity contribution in [2.45, 2.75) is 30.3 Å². The van der Waals surface area contributed by atoms with Crippen molar-refractivity contribution < 1.29 is 8.78 Å². The van der Waals surface area contributed by atoms with Crippen LogP contribution in [0.5, 0.6) is 0 Å². The number of aromatic nitrogens is 3. The van der Waals surface area contributed by atoms with Crippen LogP contribution in [0.15, 0.2) is 5.16 Å². The number of halogens is 2. The van der Waals surface area contributed by atoms with Crippen molar-refractivity contribution >= 4 is 11.8 Å². The van der Waals surface area contributed by atoms with Gasteiger partial charge in [-0.3, -0.25) is 0 Å². The quantitative estimate of drug-likeness (QED) is 0.788. The molecule has 1 aliphatic rings. The molecule has 0 bridgehead atoms. The van der Waals surface area contributed by atoms with Crippen LogP contribution in [0.3, 0.4) is 0 Å². The Bertz CT molecular complexity index is 394. The predicted molar refractivity (Wildman–Crippen MR) is 62.2 cm³/mol. The molecule has 7 heteroatoms. The van der Waals surface area contributed by atoms with Gasteiger partial charge in [0.15, 0.2) is 5.16 Å². The van der Waals surface area contributed by atoms with E-state index in [0.29, 0.717) is 25.1 Å². The monoisotopic (exact) mass is 262 g/mol. The highest BCUT2D eigenvalue weighted by Gasteiger charge is 2.55. The molecule has 1 saturated carbocycles. The van der Waals surface area contributed by atoms with E-state index in [1.165, 1.54) is 11.8 Å². The van der Waals surface area contributed by atoms with Crippen LogP contribution in [0.25, 0.3) is 0 Å². The van der Waals surface area contributed by atoms with Crippen molar-refractivity contribution in [3.8, 4) is 0 Å². The SMILES string of the molecule is Cn1c(CCN)nnc1SCC[C@H]1CC1(F)F. The number of hydrogen-bond donors (Lipinski definition) is 1. The third-order valence-electron chi connectivity index (χ3n) is 2.95. The Labute approximate surface area is 103 Å². The summed E-state index contributed by atoms with van der Waals surface area (Å²) in [6, 6.07) is 0. The molecule has 0 amide bonds. The highest BCUT2D eigenvalue weighted by atomic mass is 32.2. The van der Waals surface area contributed by atoms with Gasteiger partial charge < -0.3 is 10.3 Å². The summed E-state index contributed by atoms with van der Waals surface area (Å²) < 4.78 is 27.2. The highest BCUT2D eigenvalue weighted by Crippen LogP contribution is 2.51. The fraction of sp³-hybridized carbons (Fsp3) is 0.800. The van der Waals surface area contributed by atoms with E-state index in [9.17, 15) is 8.78 Å². The molecule has 2 N–H and O–H groups in total. The number of thioether (sulfide) groups is 1. The maximum Gasteiger partial charge on any atom is 0.251 e. The largest absolute Gasteiger partial charge is 0.330 e. The molecule has 1 aromatic heterocycles. The summed E-state index contributed by atoms with van der Waals surface area (Å²) in [5.41, 5.74) is 5.45. The van der Waals surface area contributed by atoms with Gasteiger partial charge in [-0.15, -0.1) is 10.2 Å². The summed E-state index contributed by atoms with van der Waals surface area (Å²) in [5.74, 6) is -1.33. The lowest BCUT2D eigenvalue weighted by Crippen LogP contribution is -2.08. The van der Waals surface area contributed by atoms with E-state index in [2.05, 4.69) is 10.2 Å². The van der Waals surface area contributed by atoms with E-state index in [0.717, 1.165) is 11.0 Å². The molecule has 0 unspecified atom stereocenters. The van der Waals surface area contributed by atoms with Crippen molar-refractivity contribution in [3.63, 3.8) is 0 Å². The van der Waals surface area contributed by atoms with Crippen LogP contribution in [0.4, 0.5) is 8.78 Å². The topological polar surface area (TPSA) is 56.7 Å². The third kappa shape index (κ3) is 2.95. The van der Waals surface area contributed by atoms with Gasteiger partial charge in [0, 0.05) is 31.6 Å². The van der Waals surface area contributed by atoms with Crippen molar-refractivity contribution in [1.82, 2.24) is 14.8 Å². The summed E-state index contributed by atoms with van der Waals surface area (Å²) in [4.78, 5) is 0. The number of nitrogens with two attached hydrogens (primary N) is 1. The average molecular weight is 262 g/mol. The summed E-state index contributed by atoms with van der Waals surface area (Å²) in [6.07, 6.45) is 1.27. The standard InChI is InChI=1S/C10H16F2N4S/c1-16-8(2-4-13)14-15-9(16)17-5-3-7-6-10(7,11)12/h7H,2-6,13H2,1H3/t7-/m0/s1. The molecule has 96 valence electrons. The molecule has 4 nitrogen and oxygen atoms in total. The summed E-state index contributed by atoms with van der Waals surface area (Å²) in [7, 11) is 1.87. The van der Waals surface area contributed by atoms with Gasteiger partial charge in [-0.05, 0) is 13.0 Å². The molecule has 17 heavy (non-hydrogen) atoms. The molecule has 0 saturated heterocycles. The van der Waals surface area contributed by atoms with E-state index in [1.807, 2.05) is 11.6 Å². The van der Waals surface area contributed by atoms with E-state index in [4.69, 9.17) is 5.73 Å². The minimum absolute atomic E-state index is 0.0464. The van der Waals surface area contributed by atoms with Crippen molar-refractivity contribution in [2.24, 2.45) is 18.7 Å². The van der Waals surface area contributed by atoms with Gasteiger partial charge in [-0.25, -0.2) is 8.78 Å². The van der Waals surface area contributed by atoms with Gasteiger partial charge in [-0.1, -0.05) is 11.8 Å². The summed E-state index contributed by atoms with van der Waals surface area (Å²) in [6.45, 7) is 0.533. The highest BCUT2D eigenvalue weighted by molar-refractivity contribution is 7.99. The van der Waals surface area contributed by atoms with Crippen LogP contribution >= 0.6 is 11.8 Å². The first kappa shape index (κ1) is 12.8. The zero-order valence-corrected chi connectivity index (χ0v) is 10.5. The Kier molecular flexibility index (Phi) is 3.67.